The van der Waals surface area contributed by atoms with Gasteiger partial charge < -0.3 is 4.90 Å². The molecule has 2 aliphatic heterocycles. The third-order valence-corrected chi connectivity index (χ3v) is 4.24. The number of nitrogens with zero attached hydrogens (tertiary/aromatic N) is 2. The van der Waals surface area contributed by atoms with E-state index in [0.717, 1.165) is 19.5 Å². The van der Waals surface area contributed by atoms with Gasteiger partial charge in [-0.3, -0.25) is 4.90 Å². The van der Waals surface area contributed by atoms with Crippen LogP contribution in [0, 0.1) is 6.92 Å². The molecule has 2 saturated heterocycles. The van der Waals surface area contributed by atoms with Gasteiger partial charge in [-0.05, 0) is 44.2 Å². The number of piperazine rings is 1. The van der Waals surface area contributed by atoms with Crippen molar-refractivity contribution >= 4 is 5.69 Å². The predicted octanol–water partition coefficient (Wildman–Crippen LogP) is 2.91. The van der Waals surface area contributed by atoms with Crippen molar-refractivity contribution < 1.29 is 13.2 Å². The van der Waals surface area contributed by atoms with E-state index in [1.165, 1.54) is 12.1 Å². The van der Waals surface area contributed by atoms with Crippen LogP contribution in [0.1, 0.15) is 17.5 Å². The molecule has 2 atom stereocenters. The van der Waals surface area contributed by atoms with Gasteiger partial charge in [-0.25, -0.2) is 0 Å². The zero-order valence-corrected chi connectivity index (χ0v) is 11.0. The molecule has 0 spiro atoms. The Morgan fingerprint density at radius 1 is 1.11 bits per heavy atom. The monoisotopic (exact) mass is 270 g/mol. The van der Waals surface area contributed by atoms with E-state index >= 15 is 0 Å². The molecule has 2 nitrogen and oxygen atoms in total. The maximum atomic E-state index is 12.9. The van der Waals surface area contributed by atoms with Crippen LogP contribution in [0.4, 0.5) is 18.9 Å². The molecule has 104 valence electrons. The van der Waals surface area contributed by atoms with E-state index in [0.29, 0.717) is 23.3 Å². The average molecular weight is 270 g/mol. The first-order chi connectivity index (χ1) is 8.84. The quantitative estimate of drug-likeness (QED) is 0.774. The van der Waals surface area contributed by atoms with Crippen LogP contribution >= 0.6 is 0 Å². The van der Waals surface area contributed by atoms with Crippen LogP contribution in [0.5, 0.6) is 0 Å². The molecule has 0 aromatic heterocycles. The van der Waals surface area contributed by atoms with Gasteiger partial charge in [0.15, 0.2) is 0 Å². The third kappa shape index (κ3) is 2.20. The normalized spacial score (nSPS) is 27.3. The molecule has 5 heteroatoms. The molecule has 0 aliphatic carbocycles. The van der Waals surface area contributed by atoms with Crippen molar-refractivity contribution in [2.75, 3.05) is 25.0 Å². The average Bonchev–Trinajstić information content (AvgIpc) is 2.85. The Bertz CT molecular complexity index is 496. The second-order valence-electron chi connectivity index (χ2n) is 5.69. The van der Waals surface area contributed by atoms with Gasteiger partial charge in [0.1, 0.15) is 0 Å². The maximum Gasteiger partial charge on any atom is 0.416 e. The van der Waals surface area contributed by atoms with Crippen molar-refractivity contribution in [3.8, 4) is 0 Å². The van der Waals surface area contributed by atoms with Gasteiger partial charge in [-0.15, -0.1) is 0 Å². The number of aryl methyl sites for hydroxylation is 1. The fraction of sp³-hybridized carbons (Fsp3) is 0.571. The highest BCUT2D eigenvalue weighted by atomic mass is 19.4. The lowest BCUT2D eigenvalue weighted by Crippen LogP contribution is -2.44. The SMILES string of the molecule is Cc1cc(N2CC3CC2CN3C)cc(C(F)(F)F)c1. The topological polar surface area (TPSA) is 6.48 Å². The number of rotatable bonds is 1. The Morgan fingerprint density at radius 2 is 1.84 bits per heavy atom. The van der Waals surface area contributed by atoms with Crippen molar-refractivity contribution in [3.05, 3.63) is 29.3 Å². The van der Waals surface area contributed by atoms with E-state index < -0.39 is 11.7 Å². The zero-order chi connectivity index (χ0) is 13.8. The molecule has 2 heterocycles. The van der Waals surface area contributed by atoms with Gasteiger partial charge in [0, 0.05) is 30.9 Å². The smallest absolute Gasteiger partial charge is 0.366 e. The first kappa shape index (κ1) is 12.8. The summed E-state index contributed by atoms with van der Waals surface area (Å²) in [6, 6.07) is 5.20. The number of likely N-dealkylation sites (N-methyl/N-ethyl adjacent to an activating group) is 1. The van der Waals surface area contributed by atoms with Crippen LogP contribution in [0.3, 0.4) is 0 Å². The lowest BCUT2D eigenvalue weighted by atomic mass is 10.1. The molecule has 3 rings (SSSR count). The highest BCUT2D eigenvalue weighted by Crippen LogP contribution is 2.37. The molecule has 19 heavy (non-hydrogen) atoms. The number of likely N-dealkylation sites (tertiary alicyclic amines) is 1. The first-order valence-electron chi connectivity index (χ1n) is 6.50. The van der Waals surface area contributed by atoms with E-state index in [4.69, 9.17) is 0 Å². The minimum absolute atomic E-state index is 0.359. The van der Waals surface area contributed by atoms with E-state index in [2.05, 4.69) is 16.8 Å². The van der Waals surface area contributed by atoms with Crippen LogP contribution in [0.2, 0.25) is 0 Å². The fourth-order valence-electron chi connectivity index (χ4n) is 3.27. The van der Waals surface area contributed by atoms with Crippen LogP contribution in [-0.4, -0.2) is 37.1 Å². The van der Waals surface area contributed by atoms with Gasteiger partial charge in [-0.1, -0.05) is 0 Å². The number of benzene rings is 1. The number of alkyl halides is 3. The molecular formula is C14H17F3N2. The number of fused-ring (bicyclic) bond motifs is 2. The van der Waals surface area contributed by atoms with E-state index in [1.54, 1.807) is 6.92 Å². The molecule has 0 N–H and O–H groups in total. The highest BCUT2D eigenvalue weighted by Gasteiger charge is 2.42. The van der Waals surface area contributed by atoms with Gasteiger partial charge in [0.25, 0.3) is 0 Å². The van der Waals surface area contributed by atoms with Crippen LogP contribution < -0.4 is 4.90 Å². The van der Waals surface area contributed by atoms with E-state index in [-0.39, 0.29) is 0 Å². The fourth-order valence-corrected chi connectivity index (χ4v) is 3.27. The Kier molecular flexibility index (Phi) is 2.78. The molecule has 1 aromatic rings. The van der Waals surface area contributed by atoms with Crippen LogP contribution in [-0.2, 0) is 6.18 Å². The molecule has 1 aromatic carbocycles. The standard InChI is InChI=1S/C14H17F3N2/c1-9-3-10(14(15,16)17)5-11(4-9)19-8-12-6-13(19)7-18(12)2/h3-5,12-13H,6-8H2,1-2H3. The second kappa shape index (κ2) is 4.13. The summed E-state index contributed by atoms with van der Waals surface area (Å²) in [6.07, 6.45) is -3.21. The lowest BCUT2D eigenvalue weighted by molar-refractivity contribution is -0.137. The van der Waals surface area contributed by atoms with Crippen molar-refractivity contribution in [1.82, 2.24) is 4.90 Å². The number of halogens is 3. The van der Waals surface area contributed by atoms with Gasteiger partial charge in [0.2, 0.25) is 0 Å². The van der Waals surface area contributed by atoms with Crippen LogP contribution in [0.25, 0.3) is 0 Å². The van der Waals surface area contributed by atoms with Crippen molar-refractivity contribution in [2.45, 2.75) is 31.6 Å². The number of hydrogen-bond acceptors (Lipinski definition) is 2. The van der Waals surface area contributed by atoms with E-state index in [9.17, 15) is 13.2 Å². The summed E-state index contributed by atoms with van der Waals surface area (Å²) in [6.45, 7) is 3.50. The molecule has 0 saturated carbocycles. The summed E-state index contributed by atoms with van der Waals surface area (Å²) in [5.74, 6) is 0. The first-order valence-corrected chi connectivity index (χ1v) is 6.50. The van der Waals surface area contributed by atoms with Gasteiger partial charge in [0.05, 0.1) is 5.56 Å². The van der Waals surface area contributed by atoms with Crippen molar-refractivity contribution in [1.29, 1.82) is 0 Å². The van der Waals surface area contributed by atoms with Crippen LogP contribution in [0.15, 0.2) is 18.2 Å². The maximum absolute atomic E-state index is 12.9. The Hall–Kier alpha value is -1.23. The summed E-state index contributed by atoms with van der Waals surface area (Å²) in [4.78, 5) is 4.43. The number of hydrogen-bond donors (Lipinski definition) is 0. The minimum Gasteiger partial charge on any atom is -0.366 e. The summed E-state index contributed by atoms with van der Waals surface area (Å²) >= 11 is 0. The second-order valence-corrected chi connectivity index (χ2v) is 5.69. The molecule has 2 unspecified atom stereocenters. The number of anilines is 1. The van der Waals surface area contributed by atoms with Gasteiger partial charge in [-0.2, -0.15) is 13.2 Å². The molecule has 2 aliphatic rings. The highest BCUT2D eigenvalue weighted by molar-refractivity contribution is 5.54. The predicted molar refractivity (Wildman–Crippen MR) is 68.4 cm³/mol. The van der Waals surface area contributed by atoms with Crippen molar-refractivity contribution in [3.63, 3.8) is 0 Å². The van der Waals surface area contributed by atoms with Crippen molar-refractivity contribution in [2.24, 2.45) is 0 Å². The minimum atomic E-state index is -4.27. The third-order valence-electron chi connectivity index (χ3n) is 4.24. The molecular weight excluding hydrogens is 253 g/mol. The largest absolute Gasteiger partial charge is 0.416 e. The van der Waals surface area contributed by atoms with Gasteiger partial charge >= 0.3 is 6.18 Å². The molecule has 0 radical (unpaired) electrons. The lowest BCUT2D eigenvalue weighted by Gasteiger charge is -2.34. The summed E-state index contributed by atoms with van der Waals surface area (Å²) in [5.41, 5.74) is 0.840. The molecule has 2 bridgehead atoms. The Morgan fingerprint density at radius 3 is 2.37 bits per heavy atom. The zero-order valence-electron chi connectivity index (χ0n) is 11.0. The van der Waals surface area contributed by atoms with E-state index in [1.807, 2.05) is 6.07 Å². The summed E-state index contributed by atoms with van der Waals surface area (Å²) < 4.78 is 38.6. The Labute approximate surface area is 110 Å². The molecule has 0 amide bonds. The summed E-state index contributed by atoms with van der Waals surface area (Å²) in [5, 5.41) is 0. The summed E-state index contributed by atoms with van der Waals surface area (Å²) in [7, 11) is 2.08. The Balaban J connectivity index is 1.92. The molecule has 2 fully saturated rings.